The number of nitrogens with zero attached hydrogens (tertiary/aromatic N) is 1. The standard InChI is InChI=1S/C16H14N2O4/c19-14-10-22-16(21)18(14)9-8-17-15(20)13-7-3-5-11-4-1-2-6-12(11)13/h1-7H,8-10H2,(H,17,20). The molecule has 0 atom stereocenters. The van der Waals surface area contributed by atoms with E-state index in [9.17, 15) is 14.4 Å². The van der Waals surface area contributed by atoms with Crippen molar-refractivity contribution in [1.82, 2.24) is 10.2 Å². The molecule has 0 saturated carbocycles. The summed E-state index contributed by atoms with van der Waals surface area (Å²) >= 11 is 0. The quantitative estimate of drug-likeness (QED) is 0.929. The van der Waals surface area contributed by atoms with E-state index >= 15 is 0 Å². The predicted molar refractivity (Wildman–Crippen MR) is 79.3 cm³/mol. The highest BCUT2D eigenvalue weighted by atomic mass is 16.6. The van der Waals surface area contributed by atoms with E-state index in [4.69, 9.17) is 0 Å². The van der Waals surface area contributed by atoms with E-state index in [0.29, 0.717) is 5.56 Å². The Labute approximate surface area is 126 Å². The highest BCUT2D eigenvalue weighted by Gasteiger charge is 2.30. The summed E-state index contributed by atoms with van der Waals surface area (Å²) in [5.74, 6) is -0.624. The van der Waals surface area contributed by atoms with Gasteiger partial charge in [0.2, 0.25) is 0 Å². The second-order valence-electron chi connectivity index (χ2n) is 4.88. The van der Waals surface area contributed by atoms with Crippen molar-refractivity contribution in [2.75, 3.05) is 19.7 Å². The Hall–Kier alpha value is -2.89. The van der Waals surface area contributed by atoms with Gasteiger partial charge in [-0.05, 0) is 16.8 Å². The van der Waals surface area contributed by atoms with Crippen LogP contribution in [0.4, 0.5) is 4.79 Å². The van der Waals surface area contributed by atoms with Gasteiger partial charge in [-0.3, -0.25) is 9.59 Å². The minimum absolute atomic E-state index is 0.105. The molecule has 2 aromatic carbocycles. The van der Waals surface area contributed by atoms with Crippen LogP contribution >= 0.6 is 0 Å². The summed E-state index contributed by atoms with van der Waals surface area (Å²) in [5.41, 5.74) is 0.563. The van der Waals surface area contributed by atoms with Crippen LogP contribution in [0.25, 0.3) is 10.8 Å². The number of carbonyl (C=O) groups is 3. The second kappa shape index (κ2) is 5.85. The Bertz CT molecular complexity index is 735. The normalized spacial score (nSPS) is 14.3. The van der Waals surface area contributed by atoms with Gasteiger partial charge in [0.1, 0.15) is 0 Å². The summed E-state index contributed by atoms with van der Waals surface area (Å²) in [6, 6.07) is 13.1. The first kappa shape index (κ1) is 14.1. The molecule has 1 aliphatic heterocycles. The molecular weight excluding hydrogens is 284 g/mol. The minimum Gasteiger partial charge on any atom is -0.439 e. The summed E-state index contributed by atoms with van der Waals surface area (Å²) in [6.45, 7) is 0.0627. The number of rotatable bonds is 4. The molecule has 3 amide bonds. The first-order chi connectivity index (χ1) is 10.7. The number of cyclic esters (lactones) is 1. The number of hydrogen-bond donors (Lipinski definition) is 1. The van der Waals surface area contributed by atoms with Crippen molar-refractivity contribution in [1.29, 1.82) is 0 Å². The van der Waals surface area contributed by atoms with Crippen LogP contribution in [-0.2, 0) is 9.53 Å². The molecule has 2 aromatic rings. The smallest absolute Gasteiger partial charge is 0.417 e. The Kier molecular flexibility index (Phi) is 3.74. The van der Waals surface area contributed by atoms with Gasteiger partial charge >= 0.3 is 6.09 Å². The maximum atomic E-state index is 12.3. The molecule has 1 aliphatic rings. The van der Waals surface area contributed by atoms with Crippen LogP contribution in [0.5, 0.6) is 0 Å². The number of imide groups is 1. The fraction of sp³-hybridized carbons (Fsp3) is 0.188. The van der Waals surface area contributed by atoms with Crippen molar-refractivity contribution in [2.45, 2.75) is 0 Å². The first-order valence-corrected chi connectivity index (χ1v) is 6.90. The number of nitrogens with one attached hydrogen (secondary N) is 1. The summed E-state index contributed by atoms with van der Waals surface area (Å²) in [6.07, 6.45) is -0.663. The zero-order chi connectivity index (χ0) is 15.5. The van der Waals surface area contributed by atoms with Gasteiger partial charge in [-0.15, -0.1) is 0 Å². The summed E-state index contributed by atoms with van der Waals surface area (Å²) in [4.78, 5) is 35.9. The van der Waals surface area contributed by atoms with Crippen LogP contribution in [0.15, 0.2) is 42.5 Å². The molecule has 3 rings (SSSR count). The maximum Gasteiger partial charge on any atom is 0.417 e. The zero-order valence-electron chi connectivity index (χ0n) is 11.7. The molecule has 0 bridgehead atoms. The van der Waals surface area contributed by atoms with Gasteiger partial charge in [0.05, 0.1) is 0 Å². The first-order valence-electron chi connectivity index (χ1n) is 6.90. The van der Waals surface area contributed by atoms with Gasteiger partial charge in [0.25, 0.3) is 11.8 Å². The predicted octanol–water partition coefficient (Wildman–Crippen LogP) is 1.55. The molecule has 112 valence electrons. The lowest BCUT2D eigenvalue weighted by atomic mass is 10.0. The molecular formula is C16H14N2O4. The maximum absolute atomic E-state index is 12.3. The van der Waals surface area contributed by atoms with Crippen LogP contribution in [0.3, 0.4) is 0 Å². The van der Waals surface area contributed by atoms with Gasteiger partial charge < -0.3 is 10.1 Å². The lowest BCUT2D eigenvalue weighted by Crippen LogP contribution is -2.37. The van der Waals surface area contributed by atoms with Gasteiger partial charge in [-0.1, -0.05) is 36.4 Å². The zero-order valence-corrected chi connectivity index (χ0v) is 11.7. The van der Waals surface area contributed by atoms with Gasteiger partial charge in [0.15, 0.2) is 6.61 Å². The minimum atomic E-state index is -0.663. The lowest BCUT2D eigenvalue weighted by Gasteiger charge is -2.12. The van der Waals surface area contributed by atoms with E-state index in [1.54, 1.807) is 6.07 Å². The van der Waals surface area contributed by atoms with Crippen molar-refractivity contribution in [2.24, 2.45) is 0 Å². The number of ether oxygens (including phenoxy) is 1. The monoisotopic (exact) mass is 298 g/mol. The van der Waals surface area contributed by atoms with E-state index < -0.39 is 6.09 Å². The molecule has 1 N–H and O–H groups in total. The fourth-order valence-corrected chi connectivity index (χ4v) is 2.40. The molecule has 6 heteroatoms. The van der Waals surface area contributed by atoms with Crippen LogP contribution in [0, 0.1) is 0 Å². The number of fused-ring (bicyclic) bond motifs is 1. The average molecular weight is 298 g/mol. The third-order valence-corrected chi connectivity index (χ3v) is 3.50. The van der Waals surface area contributed by atoms with Crippen LogP contribution in [0.2, 0.25) is 0 Å². The molecule has 0 unspecified atom stereocenters. The van der Waals surface area contributed by atoms with Gasteiger partial charge in [-0.25, -0.2) is 9.69 Å². The molecule has 1 heterocycles. The van der Waals surface area contributed by atoms with Crippen molar-refractivity contribution in [3.8, 4) is 0 Å². The van der Waals surface area contributed by atoms with E-state index in [1.807, 2.05) is 36.4 Å². The Balaban J connectivity index is 1.67. The van der Waals surface area contributed by atoms with Crippen LogP contribution in [0.1, 0.15) is 10.4 Å². The summed E-state index contributed by atoms with van der Waals surface area (Å²) in [5, 5.41) is 4.56. The Morgan fingerprint density at radius 3 is 2.68 bits per heavy atom. The van der Waals surface area contributed by atoms with Crippen LogP contribution < -0.4 is 5.32 Å². The molecule has 1 fully saturated rings. The summed E-state index contributed by atoms with van der Waals surface area (Å²) in [7, 11) is 0. The number of amides is 3. The third kappa shape index (κ3) is 2.63. The SMILES string of the molecule is O=C(NCCN1C(=O)COC1=O)c1cccc2ccccc12. The van der Waals surface area contributed by atoms with Crippen molar-refractivity contribution >= 4 is 28.7 Å². The molecule has 22 heavy (non-hydrogen) atoms. The molecule has 0 spiro atoms. The molecule has 1 saturated heterocycles. The third-order valence-electron chi connectivity index (χ3n) is 3.50. The average Bonchev–Trinajstić information content (AvgIpc) is 2.86. The van der Waals surface area contributed by atoms with Gasteiger partial charge in [0, 0.05) is 18.7 Å². The van der Waals surface area contributed by atoms with Crippen molar-refractivity contribution in [3.63, 3.8) is 0 Å². The topological polar surface area (TPSA) is 75.7 Å². The molecule has 6 nitrogen and oxygen atoms in total. The Morgan fingerprint density at radius 1 is 1.14 bits per heavy atom. The molecule has 0 aromatic heterocycles. The lowest BCUT2D eigenvalue weighted by molar-refractivity contribution is -0.125. The number of benzene rings is 2. The van der Waals surface area contributed by atoms with Crippen molar-refractivity contribution in [3.05, 3.63) is 48.0 Å². The molecule has 0 radical (unpaired) electrons. The van der Waals surface area contributed by atoms with Crippen molar-refractivity contribution < 1.29 is 19.1 Å². The van der Waals surface area contributed by atoms with E-state index in [0.717, 1.165) is 15.7 Å². The molecule has 0 aliphatic carbocycles. The van der Waals surface area contributed by atoms with Gasteiger partial charge in [-0.2, -0.15) is 0 Å². The number of hydrogen-bond acceptors (Lipinski definition) is 4. The van der Waals surface area contributed by atoms with E-state index in [2.05, 4.69) is 10.1 Å². The summed E-state index contributed by atoms with van der Waals surface area (Å²) < 4.78 is 4.60. The Morgan fingerprint density at radius 2 is 1.91 bits per heavy atom. The highest BCUT2D eigenvalue weighted by Crippen LogP contribution is 2.18. The fourth-order valence-electron chi connectivity index (χ4n) is 2.40. The largest absolute Gasteiger partial charge is 0.439 e. The number of carbonyl (C=O) groups excluding carboxylic acids is 3. The highest BCUT2D eigenvalue weighted by molar-refractivity contribution is 6.07. The van der Waals surface area contributed by atoms with E-state index in [-0.39, 0.29) is 31.5 Å². The second-order valence-corrected chi connectivity index (χ2v) is 4.88. The van der Waals surface area contributed by atoms with E-state index in [1.165, 1.54) is 0 Å². The van der Waals surface area contributed by atoms with Crippen LogP contribution in [-0.4, -0.2) is 42.5 Å².